The van der Waals surface area contributed by atoms with Crippen LogP contribution in [0.1, 0.15) is 306 Å². The van der Waals surface area contributed by atoms with E-state index in [1.807, 2.05) is 0 Å². The van der Waals surface area contributed by atoms with Crippen molar-refractivity contribution >= 4 is 5.97 Å². The molecule has 27 aliphatic carbocycles. The van der Waals surface area contributed by atoms with Crippen molar-refractivity contribution in [3.8, 4) is 0 Å². The summed E-state index contributed by atoms with van der Waals surface area (Å²) < 4.78 is 5.22. The normalized spacial score (nSPS) is 58.7. The lowest BCUT2D eigenvalue weighted by atomic mass is 9.32. The molecule has 12 heteroatoms. The van der Waals surface area contributed by atoms with E-state index in [2.05, 4.69) is 62.3 Å². The van der Waals surface area contributed by atoms with Gasteiger partial charge in [0.2, 0.25) is 0 Å². The molecule has 0 amide bonds. The van der Waals surface area contributed by atoms with Gasteiger partial charge in [0.15, 0.2) is 0 Å². The molecule has 1 aliphatic heterocycles. The highest BCUT2D eigenvalue weighted by Gasteiger charge is 2.70. The van der Waals surface area contributed by atoms with Crippen LogP contribution in [0, 0.1) is 152 Å². The maximum Gasteiger partial charge on any atom is 0.312 e. The van der Waals surface area contributed by atoms with Crippen LogP contribution in [0.25, 0.3) is 0 Å². The summed E-state index contributed by atoms with van der Waals surface area (Å²) in [6, 6.07) is 0. The van der Waals surface area contributed by atoms with Gasteiger partial charge in [-0.2, -0.15) is 0 Å². The molecule has 0 aromatic carbocycles. The van der Waals surface area contributed by atoms with Crippen molar-refractivity contribution in [2.75, 3.05) is 0 Å². The van der Waals surface area contributed by atoms with E-state index in [0.717, 1.165) is 223 Å². The van der Waals surface area contributed by atoms with Gasteiger partial charge in [-0.05, 0) is 359 Å². The molecule has 1 heterocycles. The number of aliphatic hydroxyl groups is 10. The first-order valence-corrected chi connectivity index (χ1v) is 41.8. The number of ether oxygens (including phenoxy) is 1. The Balaban J connectivity index is 0.0000000947. The number of carbonyl (C=O) groups excluding carboxylic acids is 1. The maximum atomic E-state index is 11.3. The van der Waals surface area contributed by atoms with Crippen LogP contribution in [0.3, 0.4) is 0 Å². The van der Waals surface area contributed by atoms with Gasteiger partial charge in [0, 0.05) is 12.3 Å². The fourth-order valence-corrected chi connectivity index (χ4v) is 30.8. The van der Waals surface area contributed by atoms with E-state index < -0.39 is 17.3 Å². The SMILES string of the molecule is CC12CC3C4CC5(O)CC3C(C1)C(C5)C4C2.CC12CC3CC(C1)CC(O)(C3)C2.CC12CC3CC(O)(C1)CC(O)(C3)C2.CC1C2CC3C1OC(=O)C3C2O.CC1C2CC3CC1CC(O)(C3)C2.CC1CC2CCC1C(O)C2.CC1CCC(O)C1.CC1CCCC(O)C1.CC1CCCC1O. The van der Waals surface area contributed by atoms with Crippen molar-refractivity contribution < 1.29 is 60.6 Å². The smallest absolute Gasteiger partial charge is 0.312 e. The second-order valence-corrected chi connectivity index (χ2v) is 42.5. The van der Waals surface area contributed by atoms with Gasteiger partial charge in [-0.15, -0.1) is 0 Å². The Labute approximate surface area is 587 Å². The zero-order valence-corrected chi connectivity index (χ0v) is 62.4. The van der Waals surface area contributed by atoms with Gasteiger partial charge >= 0.3 is 5.97 Å². The van der Waals surface area contributed by atoms with Crippen LogP contribution in [0.15, 0.2) is 0 Å². The Hall–Kier alpha value is -0.930. The second-order valence-electron chi connectivity index (χ2n) is 42.5. The van der Waals surface area contributed by atoms with Crippen LogP contribution in [0.2, 0.25) is 0 Å². The van der Waals surface area contributed by atoms with E-state index in [9.17, 15) is 40.5 Å². The first-order valence-electron chi connectivity index (χ1n) is 41.8. The molecule has 12 nitrogen and oxygen atoms in total. The zero-order valence-electron chi connectivity index (χ0n) is 62.4. The Morgan fingerprint density at radius 1 is 0.340 bits per heavy atom. The van der Waals surface area contributed by atoms with Crippen LogP contribution in [0.5, 0.6) is 0 Å². The number of aliphatic hydroxyl groups excluding tert-OH is 5. The van der Waals surface area contributed by atoms with Crippen molar-refractivity contribution in [1.29, 1.82) is 0 Å². The van der Waals surface area contributed by atoms with Gasteiger partial charge in [-0.1, -0.05) is 81.6 Å². The quantitative estimate of drug-likeness (QED) is 0.102. The summed E-state index contributed by atoms with van der Waals surface area (Å²) in [6.45, 7) is 20.4. The Morgan fingerprint density at radius 3 is 1.26 bits per heavy atom. The molecule has 28 fully saturated rings. The number of fused-ring (bicyclic) bond motifs is 4. The van der Waals surface area contributed by atoms with Crippen molar-refractivity contribution in [3.05, 3.63) is 0 Å². The molecule has 27 saturated carbocycles. The largest absolute Gasteiger partial charge is 0.461 e. The molecule has 0 spiro atoms. The van der Waals surface area contributed by atoms with Gasteiger partial charge in [-0.3, -0.25) is 4.79 Å². The van der Waals surface area contributed by atoms with E-state index in [4.69, 9.17) is 20.1 Å². The number of hydrogen-bond donors (Lipinski definition) is 10. The van der Waals surface area contributed by atoms with Crippen LogP contribution >= 0.6 is 0 Å². The third-order valence-corrected chi connectivity index (χ3v) is 33.4. The standard InChI is InChI=1S/C15H22O.C11H18O2.2C11H18O.C9H12O3.C9H16O.C7H14O.2C6H12O/c1-14-2-8-11-5-15(16)6-12(8)10(4-14)13(7-15)9(11)3-14;1-9-2-8-3-10(12,5-9)7-11(13,4-8)6-9;1-10-3-8-2-9(4-10)6-11(12,5-8)7-10;1-7-9-2-8-3-10(7)6-11(12,4-8)5-9;1-3-4-2-5-6(7(4)10)9(11)12-8(3)5;1-6-4-7-2-3-8(6)9(10)5-7;1-6-3-2-4-7(8)5-6;1-5-2-3-6(7)4-5;1-5-3-2-4-6(5)7/h8-13,16H,2-7H2,1H3;8,12-13H,2-7H2,1H3;8-9,12H,2-7H2,1H3;7-10,12H,2-6H2,1H3;3-8,10H,2H2,1H3;6-10H,2-5H2,1H3;6-8H,2-5H2,1H3;2*5-7H,2-4H2,1H3. The molecule has 24 bridgehead atoms. The van der Waals surface area contributed by atoms with Gasteiger partial charge in [0.1, 0.15) is 6.10 Å². The minimum atomic E-state index is -0.525. The maximum absolute atomic E-state index is 11.3. The molecule has 22 atom stereocenters. The fourth-order valence-electron chi connectivity index (χ4n) is 30.8. The summed E-state index contributed by atoms with van der Waals surface area (Å²) >= 11 is 0. The molecule has 554 valence electrons. The predicted molar refractivity (Wildman–Crippen MR) is 379 cm³/mol. The average Bonchev–Trinajstić information content (AvgIpc) is 1.29. The van der Waals surface area contributed by atoms with E-state index in [1.165, 1.54) is 109 Å². The average molecular weight is 1360 g/mol. The topological polar surface area (TPSA) is 229 Å². The minimum absolute atomic E-state index is 0.0127. The highest BCUT2D eigenvalue weighted by atomic mass is 16.6. The molecule has 28 rings (SSSR count). The molecular formula is C85H142O12. The second kappa shape index (κ2) is 27.1. The van der Waals surface area contributed by atoms with Gasteiger partial charge in [0.25, 0.3) is 0 Å². The van der Waals surface area contributed by atoms with Gasteiger partial charge in [0.05, 0.1) is 64.4 Å². The van der Waals surface area contributed by atoms with Crippen molar-refractivity contribution in [3.63, 3.8) is 0 Å². The Kier molecular flexibility index (Phi) is 20.4. The highest BCUT2D eigenvalue weighted by Crippen LogP contribution is 2.75. The van der Waals surface area contributed by atoms with E-state index in [0.29, 0.717) is 52.8 Å². The molecule has 0 aromatic rings. The van der Waals surface area contributed by atoms with Crippen molar-refractivity contribution in [1.82, 2.24) is 0 Å². The molecule has 1 saturated heterocycles. The third kappa shape index (κ3) is 15.2. The van der Waals surface area contributed by atoms with Crippen LogP contribution in [0.4, 0.5) is 0 Å². The summed E-state index contributed by atoms with van der Waals surface area (Å²) in [5.41, 5.74) is -0.277. The number of rotatable bonds is 0. The van der Waals surface area contributed by atoms with Crippen molar-refractivity contribution in [2.45, 2.75) is 371 Å². The summed E-state index contributed by atoms with van der Waals surface area (Å²) in [6.07, 6.45) is 44.5. The summed E-state index contributed by atoms with van der Waals surface area (Å²) in [5, 5.41) is 98.0. The monoisotopic (exact) mass is 1360 g/mol. The lowest BCUT2D eigenvalue weighted by molar-refractivity contribution is -0.272. The highest BCUT2D eigenvalue weighted by molar-refractivity contribution is 5.77. The molecule has 0 aromatic heterocycles. The molecule has 97 heavy (non-hydrogen) atoms. The summed E-state index contributed by atoms with van der Waals surface area (Å²) in [5.74, 6) is 16.7. The first-order chi connectivity index (χ1) is 45.6. The van der Waals surface area contributed by atoms with Crippen LogP contribution in [-0.4, -0.2) is 122 Å². The Bertz CT molecular complexity index is 2490. The number of esters is 1. The molecule has 28 aliphatic rings. The van der Waals surface area contributed by atoms with Crippen LogP contribution < -0.4 is 0 Å². The minimum Gasteiger partial charge on any atom is -0.461 e. The van der Waals surface area contributed by atoms with Crippen molar-refractivity contribution in [2.24, 2.45) is 152 Å². The first kappa shape index (κ1) is 73.0. The Morgan fingerprint density at radius 2 is 0.856 bits per heavy atom. The van der Waals surface area contributed by atoms with E-state index >= 15 is 0 Å². The van der Waals surface area contributed by atoms with E-state index in [-0.39, 0.29) is 64.6 Å². The van der Waals surface area contributed by atoms with Gasteiger partial charge in [-0.25, -0.2) is 0 Å². The number of hydrogen-bond acceptors (Lipinski definition) is 12. The zero-order chi connectivity index (χ0) is 68.9. The molecule has 22 unspecified atom stereocenters. The predicted octanol–water partition coefficient (Wildman–Crippen LogP) is 14.7. The van der Waals surface area contributed by atoms with E-state index in [1.54, 1.807) is 0 Å². The summed E-state index contributed by atoms with van der Waals surface area (Å²) in [4.78, 5) is 11.3. The lowest BCUT2D eigenvalue weighted by Crippen LogP contribution is -2.69. The van der Waals surface area contributed by atoms with Gasteiger partial charge < -0.3 is 55.8 Å². The fraction of sp³-hybridized carbons (Fsp3) is 0.988. The lowest BCUT2D eigenvalue weighted by Gasteiger charge is -2.73. The molecular weight excluding hydrogens is 1210 g/mol. The summed E-state index contributed by atoms with van der Waals surface area (Å²) in [7, 11) is 0. The third-order valence-electron chi connectivity index (χ3n) is 33.4. The molecule has 0 radical (unpaired) electrons. The molecule has 10 N–H and O–H groups in total. The number of carbonyl (C=O) groups is 1. The van der Waals surface area contributed by atoms with Crippen LogP contribution in [-0.2, 0) is 9.53 Å².